The third-order valence-electron chi connectivity index (χ3n) is 4.55. The molecule has 0 aliphatic heterocycles. The number of nitrogens with one attached hydrogen (secondary N) is 2. The summed E-state index contributed by atoms with van der Waals surface area (Å²) in [5, 5.41) is 5.37. The molecule has 0 unspecified atom stereocenters. The molecule has 0 aromatic heterocycles. The van der Waals surface area contributed by atoms with E-state index in [1.807, 2.05) is 6.07 Å². The number of amides is 2. The Hall–Kier alpha value is -2.71. The van der Waals surface area contributed by atoms with Crippen LogP contribution >= 0.6 is 0 Å². The average molecular weight is 418 g/mol. The number of hydrogen-bond donors (Lipinski definition) is 2. The topological polar surface area (TPSA) is 95.6 Å². The van der Waals surface area contributed by atoms with E-state index in [9.17, 15) is 18.0 Å². The average Bonchev–Trinajstić information content (AvgIpc) is 2.73. The van der Waals surface area contributed by atoms with E-state index in [0.29, 0.717) is 18.7 Å². The third kappa shape index (κ3) is 5.88. The fourth-order valence-corrected chi connectivity index (χ4v) is 4.33. The van der Waals surface area contributed by atoms with Gasteiger partial charge in [-0.2, -0.15) is 4.31 Å². The van der Waals surface area contributed by atoms with Crippen LogP contribution in [0, 0.1) is 0 Å². The van der Waals surface area contributed by atoms with Gasteiger partial charge in [0.05, 0.1) is 17.5 Å². The van der Waals surface area contributed by atoms with Gasteiger partial charge in [-0.05, 0) is 36.8 Å². The molecule has 29 heavy (non-hydrogen) atoms. The fourth-order valence-electron chi connectivity index (χ4n) is 2.87. The van der Waals surface area contributed by atoms with Crippen molar-refractivity contribution in [3.63, 3.8) is 0 Å². The molecule has 7 nitrogen and oxygen atoms in total. The zero-order valence-corrected chi connectivity index (χ0v) is 17.7. The molecule has 0 aliphatic carbocycles. The summed E-state index contributed by atoms with van der Waals surface area (Å²) in [6.07, 6.45) is 0. The Morgan fingerprint density at radius 2 is 1.55 bits per heavy atom. The summed E-state index contributed by atoms with van der Waals surface area (Å²) < 4.78 is 26.5. The van der Waals surface area contributed by atoms with E-state index >= 15 is 0 Å². The van der Waals surface area contributed by atoms with E-state index < -0.39 is 10.0 Å². The predicted molar refractivity (Wildman–Crippen MR) is 112 cm³/mol. The minimum Gasteiger partial charge on any atom is -0.348 e. The van der Waals surface area contributed by atoms with Gasteiger partial charge >= 0.3 is 0 Å². The largest absolute Gasteiger partial charge is 0.348 e. The van der Waals surface area contributed by atoms with Crippen LogP contribution in [0.15, 0.2) is 59.5 Å². The molecule has 0 radical (unpaired) electrons. The van der Waals surface area contributed by atoms with Crippen molar-refractivity contribution < 1.29 is 18.0 Å². The SMILES string of the molecule is CCN(CC)S(=O)(=O)c1ccc([C@@H](C)NC(=O)CNC(=O)c2ccccc2)cc1. The zero-order valence-electron chi connectivity index (χ0n) is 16.9. The molecule has 2 rings (SSSR count). The number of sulfonamides is 1. The Bertz CT molecular complexity index is 924. The predicted octanol–water partition coefficient (Wildman–Crippen LogP) is 2.32. The van der Waals surface area contributed by atoms with Crippen LogP contribution in [0.2, 0.25) is 0 Å². The molecule has 156 valence electrons. The van der Waals surface area contributed by atoms with Crippen LogP contribution in [-0.4, -0.2) is 44.2 Å². The second-order valence-electron chi connectivity index (χ2n) is 6.50. The maximum Gasteiger partial charge on any atom is 0.251 e. The number of benzene rings is 2. The molecule has 0 saturated carbocycles. The van der Waals surface area contributed by atoms with Crippen molar-refractivity contribution in [2.24, 2.45) is 0 Å². The molecule has 0 bridgehead atoms. The lowest BCUT2D eigenvalue weighted by atomic mass is 10.1. The van der Waals surface area contributed by atoms with Gasteiger partial charge in [-0.3, -0.25) is 9.59 Å². The molecule has 8 heteroatoms. The van der Waals surface area contributed by atoms with Crippen LogP contribution in [0.1, 0.15) is 42.7 Å². The van der Waals surface area contributed by atoms with Crippen molar-refractivity contribution in [3.8, 4) is 0 Å². The smallest absolute Gasteiger partial charge is 0.251 e. The first-order chi connectivity index (χ1) is 13.8. The molecule has 0 spiro atoms. The molecule has 2 amide bonds. The standard InChI is InChI=1S/C21H27N3O4S/c1-4-24(5-2)29(27,28)19-13-11-17(12-14-19)16(3)23-20(25)15-22-21(26)18-9-7-6-8-10-18/h6-14,16H,4-5,15H2,1-3H3,(H,22,26)(H,23,25)/t16-/m1/s1. The monoisotopic (exact) mass is 417 g/mol. The Morgan fingerprint density at radius 1 is 0.966 bits per heavy atom. The molecule has 0 saturated heterocycles. The third-order valence-corrected chi connectivity index (χ3v) is 6.61. The molecule has 1 atom stereocenters. The summed E-state index contributed by atoms with van der Waals surface area (Å²) in [7, 11) is -3.51. The van der Waals surface area contributed by atoms with E-state index in [1.54, 1.807) is 69.3 Å². The van der Waals surface area contributed by atoms with E-state index in [2.05, 4.69) is 10.6 Å². The second-order valence-corrected chi connectivity index (χ2v) is 8.43. The quantitative estimate of drug-likeness (QED) is 0.655. The van der Waals surface area contributed by atoms with Crippen LogP contribution in [-0.2, 0) is 14.8 Å². The lowest BCUT2D eigenvalue weighted by molar-refractivity contribution is -0.120. The highest BCUT2D eigenvalue weighted by molar-refractivity contribution is 7.89. The summed E-state index contributed by atoms with van der Waals surface area (Å²) in [6.45, 7) is 6.05. The number of hydrogen-bond acceptors (Lipinski definition) is 4. The lowest BCUT2D eigenvalue weighted by Gasteiger charge is -2.19. The minimum absolute atomic E-state index is 0.146. The Balaban J connectivity index is 1.94. The Morgan fingerprint density at radius 3 is 2.10 bits per heavy atom. The first-order valence-electron chi connectivity index (χ1n) is 9.52. The van der Waals surface area contributed by atoms with Gasteiger partial charge in [-0.15, -0.1) is 0 Å². The van der Waals surface area contributed by atoms with Gasteiger partial charge in [0.15, 0.2) is 0 Å². The fraction of sp³-hybridized carbons (Fsp3) is 0.333. The van der Waals surface area contributed by atoms with Crippen LogP contribution in [0.3, 0.4) is 0 Å². The van der Waals surface area contributed by atoms with Crippen molar-refractivity contribution in [2.45, 2.75) is 31.7 Å². The number of rotatable bonds is 9. The number of nitrogens with zero attached hydrogens (tertiary/aromatic N) is 1. The summed E-state index contributed by atoms with van der Waals surface area (Å²) in [4.78, 5) is 24.3. The van der Waals surface area contributed by atoms with Crippen molar-refractivity contribution in [1.29, 1.82) is 0 Å². The van der Waals surface area contributed by atoms with Gasteiger partial charge in [0.1, 0.15) is 0 Å². The van der Waals surface area contributed by atoms with E-state index in [4.69, 9.17) is 0 Å². The molecule has 2 aromatic carbocycles. The highest BCUT2D eigenvalue weighted by Gasteiger charge is 2.21. The summed E-state index contributed by atoms with van der Waals surface area (Å²) in [6, 6.07) is 14.8. The van der Waals surface area contributed by atoms with Crippen LogP contribution in [0.25, 0.3) is 0 Å². The van der Waals surface area contributed by atoms with E-state index in [-0.39, 0.29) is 29.3 Å². The van der Waals surface area contributed by atoms with Crippen LogP contribution in [0.4, 0.5) is 0 Å². The van der Waals surface area contributed by atoms with Crippen molar-refractivity contribution in [2.75, 3.05) is 19.6 Å². The van der Waals surface area contributed by atoms with Gasteiger partial charge in [-0.25, -0.2) is 8.42 Å². The molecule has 0 heterocycles. The normalized spacial score (nSPS) is 12.4. The summed E-state index contributed by atoms with van der Waals surface area (Å²) in [5.41, 5.74) is 1.25. The Labute approximate surface area is 172 Å². The van der Waals surface area contributed by atoms with Gasteiger partial charge in [0.25, 0.3) is 5.91 Å². The molecular formula is C21H27N3O4S. The molecule has 2 aromatic rings. The lowest BCUT2D eigenvalue weighted by Crippen LogP contribution is -2.38. The molecule has 0 aliphatic rings. The van der Waals surface area contributed by atoms with Gasteiger partial charge in [0, 0.05) is 18.7 Å². The summed E-state index contributed by atoms with van der Waals surface area (Å²) in [5.74, 6) is -0.652. The summed E-state index contributed by atoms with van der Waals surface area (Å²) >= 11 is 0. The van der Waals surface area contributed by atoms with Crippen molar-refractivity contribution >= 4 is 21.8 Å². The zero-order chi connectivity index (χ0) is 21.4. The first-order valence-corrected chi connectivity index (χ1v) is 11.0. The van der Waals surface area contributed by atoms with Gasteiger partial charge in [0.2, 0.25) is 15.9 Å². The van der Waals surface area contributed by atoms with Crippen LogP contribution < -0.4 is 10.6 Å². The van der Waals surface area contributed by atoms with Crippen molar-refractivity contribution in [3.05, 3.63) is 65.7 Å². The van der Waals surface area contributed by atoms with Crippen molar-refractivity contribution in [1.82, 2.24) is 14.9 Å². The maximum atomic E-state index is 12.5. The van der Waals surface area contributed by atoms with Gasteiger partial charge in [-0.1, -0.05) is 44.2 Å². The highest BCUT2D eigenvalue weighted by Crippen LogP contribution is 2.19. The number of carbonyl (C=O) groups is 2. The second kappa shape index (κ2) is 10.2. The number of carbonyl (C=O) groups excluding carboxylic acids is 2. The van der Waals surface area contributed by atoms with E-state index in [0.717, 1.165) is 5.56 Å². The highest BCUT2D eigenvalue weighted by atomic mass is 32.2. The van der Waals surface area contributed by atoms with Crippen LogP contribution in [0.5, 0.6) is 0 Å². The maximum absolute atomic E-state index is 12.5. The molecular weight excluding hydrogens is 390 g/mol. The molecule has 2 N–H and O–H groups in total. The van der Waals surface area contributed by atoms with E-state index in [1.165, 1.54) is 4.31 Å². The molecule has 0 fully saturated rings. The minimum atomic E-state index is -3.51. The Kier molecular flexibility index (Phi) is 7.92. The van der Waals surface area contributed by atoms with Gasteiger partial charge < -0.3 is 10.6 Å². The first kappa shape index (κ1) is 22.6.